The molecule has 0 heteroatoms. The van der Waals surface area contributed by atoms with Crippen LogP contribution in [-0.2, 0) is 5.41 Å². The van der Waals surface area contributed by atoms with E-state index in [4.69, 9.17) is 0 Å². The van der Waals surface area contributed by atoms with Crippen molar-refractivity contribution in [2.24, 2.45) is 0 Å². The van der Waals surface area contributed by atoms with Crippen LogP contribution in [0.25, 0.3) is 78.9 Å². The summed E-state index contributed by atoms with van der Waals surface area (Å²) in [6.07, 6.45) is 22.7. The molecule has 9 rings (SSSR count). The summed E-state index contributed by atoms with van der Waals surface area (Å²) >= 11 is 0. The van der Waals surface area contributed by atoms with Crippen LogP contribution in [-0.4, -0.2) is 0 Å². The minimum atomic E-state index is 0.0131. The molecule has 0 fully saturated rings. The normalized spacial score (nSPS) is 12.6. The highest BCUT2D eigenvalue weighted by Gasteiger charge is 2.42. The molecular formula is C69H72. The summed E-state index contributed by atoms with van der Waals surface area (Å²) in [7, 11) is 0. The Kier molecular flexibility index (Phi) is 15.7. The second kappa shape index (κ2) is 22.7. The average molecular weight is 901 g/mol. The summed E-state index contributed by atoms with van der Waals surface area (Å²) in [6, 6.07) is 69.0. The van der Waals surface area contributed by atoms with Gasteiger partial charge in [0.15, 0.2) is 0 Å². The van der Waals surface area contributed by atoms with Crippen LogP contribution in [0.1, 0.15) is 137 Å². The van der Waals surface area contributed by atoms with Gasteiger partial charge in [-0.05, 0) is 158 Å². The van der Waals surface area contributed by atoms with E-state index in [-0.39, 0.29) is 5.41 Å². The molecule has 1 aliphatic rings. The van der Waals surface area contributed by atoms with Gasteiger partial charge in [0.05, 0.1) is 0 Å². The number of benzene rings is 8. The lowest BCUT2D eigenvalue weighted by atomic mass is 9.70. The molecule has 0 saturated carbocycles. The van der Waals surface area contributed by atoms with Crippen LogP contribution in [0.3, 0.4) is 0 Å². The van der Waals surface area contributed by atoms with E-state index in [0.29, 0.717) is 0 Å². The fraction of sp³-hybridized carbons (Fsp3) is 0.275. The first-order chi connectivity index (χ1) is 33.9. The van der Waals surface area contributed by atoms with E-state index in [1.54, 1.807) is 11.1 Å². The van der Waals surface area contributed by atoms with Gasteiger partial charge < -0.3 is 0 Å². The number of fused-ring (bicyclic) bond motifs is 3. The standard InChI is InChI=1S/C69H72/c1-5-7-9-11-13-21-41-69(42-22-14-12-10-8-6-2)67-43-52(4)29-39-65(67)66-40-38-58(50-68(66)69)62-45-61(57-36-34-54(35-37-57)33-32-53-30-27-51(3)28-31-53)48-64(49-62)63-46-59(55-23-17-15-18-24-55)44-60(47-63)56-25-19-16-20-26-56/h15-20,23-40,43-50H,5-14,21-22,41-42H2,1-4H3/b33-32+. The molecule has 1 aliphatic carbocycles. The van der Waals surface area contributed by atoms with Crippen molar-refractivity contribution in [2.45, 2.75) is 123 Å². The third kappa shape index (κ3) is 11.4. The molecule has 0 aliphatic heterocycles. The lowest BCUT2D eigenvalue weighted by molar-refractivity contribution is 0.398. The highest BCUT2D eigenvalue weighted by molar-refractivity contribution is 5.89. The lowest BCUT2D eigenvalue weighted by Crippen LogP contribution is -2.25. The molecule has 0 bridgehead atoms. The number of hydrogen-bond donors (Lipinski definition) is 0. The number of aryl methyl sites for hydroxylation is 2. The SMILES string of the molecule is CCCCCCCCC1(CCCCCCCC)c2cc(C)ccc2-c2ccc(-c3cc(-c4ccc(/C=C/c5ccc(C)cc5)cc4)cc(-c4cc(-c5ccccc5)cc(-c5ccccc5)c4)c3)cc21. The quantitative estimate of drug-likeness (QED) is 0.0498. The minimum Gasteiger partial charge on any atom is -0.0654 e. The smallest absolute Gasteiger partial charge is 0.0215 e. The molecule has 0 radical (unpaired) electrons. The Bertz CT molecular complexity index is 2870. The summed E-state index contributed by atoms with van der Waals surface area (Å²) in [5.41, 5.74) is 23.5. The van der Waals surface area contributed by atoms with Crippen LogP contribution in [0.5, 0.6) is 0 Å². The van der Waals surface area contributed by atoms with Crippen molar-refractivity contribution in [1.29, 1.82) is 0 Å². The molecule has 0 saturated heterocycles. The molecule has 0 heterocycles. The van der Waals surface area contributed by atoms with E-state index >= 15 is 0 Å². The second-order valence-corrected chi connectivity index (χ2v) is 20.1. The highest BCUT2D eigenvalue weighted by Crippen LogP contribution is 2.55. The predicted molar refractivity (Wildman–Crippen MR) is 301 cm³/mol. The summed E-state index contributed by atoms with van der Waals surface area (Å²) in [5.74, 6) is 0. The molecule has 0 amide bonds. The first kappa shape index (κ1) is 47.6. The third-order valence-corrected chi connectivity index (χ3v) is 15.0. The average Bonchev–Trinajstić information content (AvgIpc) is 3.66. The Hall–Kier alpha value is -6.50. The Morgan fingerprint density at radius 3 is 1.16 bits per heavy atom. The van der Waals surface area contributed by atoms with E-state index in [1.807, 2.05) is 0 Å². The van der Waals surface area contributed by atoms with Gasteiger partial charge in [0.1, 0.15) is 0 Å². The number of unbranched alkanes of at least 4 members (excludes halogenated alkanes) is 10. The second-order valence-electron chi connectivity index (χ2n) is 20.1. The molecule has 69 heavy (non-hydrogen) atoms. The van der Waals surface area contributed by atoms with Crippen LogP contribution in [0, 0.1) is 13.8 Å². The summed E-state index contributed by atoms with van der Waals surface area (Å²) in [5, 5.41) is 0. The fourth-order valence-electron chi connectivity index (χ4n) is 11.0. The lowest BCUT2D eigenvalue weighted by Gasteiger charge is -2.33. The van der Waals surface area contributed by atoms with Crippen LogP contribution >= 0.6 is 0 Å². The fourth-order valence-corrected chi connectivity index (χ4v) is 11.0. The molecule has 0 spiro atoms. The zero-order valence-electron chi connectivity index (χ0n) is 41.9. The maximum absolute atomic E-state index is 2.64. The van der Waals surface area contributed by atoms with Crippen molar-refractivity contribution in [2.75, 3.05) is 0 Å². The maximum atomic E-state index is 2.64. The van der Waals surface area contributed by atoms with Crippen molar-refractivity contribution in [3.8, 4) is 66.8 Å². The highest BCUT2D eigenvalue weighted by atomic mass is 14.5. The minimum absolute atomic E-state index is 0.0131. The Labute approximate surface area is 415 Å². The van der Waals surface area contributed by atoms with Crippen LogP contribution < -0.4 is 0 Å². The van der Waals surface area contributed by atoms with Crippen molar-refractivity contribution in [1.82, 2.24) is 0 Å². The van der Waals surface area contributed by atoms with Gasteiger partial charge in [-0.1, -0.05) is 254 Å². The Morgan fingerprint density at radius 2 is 0.667 bits per heavy atom. The van der Waals surface area contributed by atoms with Crippen LogP contribution in [0.15, 0.2) is 182 Å². The molecule has 0 unspecified atom stereocenters. The van der Waals surface area contributed by atoms with Gasteiger partial charge in [-0.3, -0.25) is 0 Å². The van der Waals surface area contributed by atoms with E-state index in [9.17, 15) is 0 Å². The molecule has 0 atom stereocenters. The van der Waals surface area contributed by atoms with Gasteiger partial charge in [0, 0.05) is 5.41 Å². The first-order valence-corrected chi connectivity index (χ1v) is 26.4. The molecular weight excluding hydrogens is 829 g/mol. The molecule has 0 N–H and O–H groups in total. The van der Waals surface area contributed by atoms with Crippen molar-refractivity contribution >= 4 is 12.2 Å². The van der Waals surface area contributed by atoms with E-state index < -0.39 is 0 Å². The van der Waals surface area contributed by atoms with Crippen molar-refractivity contribution < 1.29 is 0 Å². The molecule has 0 aromatic heterocycles. The van der Waals surface area contributed by atoms with Gasteiger partial charge in [-0.2, -0.15) is 0 Å². The molecule has 8 aromatic rings. The molecule has 0 nitrogen and oxygen atoms in total. The zero-order valence-corrected chi connectivity index (χ0v) is 41.9. The largest absolute Gasteiger partial charge is 0.0654 e. The number of rotatable bonds is 21. The molecule has 8 aromatic carbocycles. The third-order valence-electron chi connectivity index (χ3n) is 15.0. The van der Waals surface area contributed by atoms with Gasteiger partial charge in [0.25, 0.3) is 0 Å². The van der Waals surface area contributed by atoms with Gasteiger partial charge in [-0.25, -0.2) is 0 Å². The van der Waals surface area contributed by atoms with E-state index in [2.05, 4.69) is 222 Å². The van der Waals surface area contributed by atoms with Gasteiger partial charge in [0.2, 0.25) is 0 Å². The maximum Gasteiger partial charge on any atom is 0.0215 e. The number of hydrogen-bond acceptors (Lipinski definition) is 0. The predicted octanol–water partition coefficient (Wildman–Crippen LogP) is 20.6. The topological polar surface area (TPSA) is 0 Å². The van der Waals surface area contributed by atoms with Crippen molar-refractivity contribution in [3.63, 3.8) is 0 Å². The summed E-state index contributed by atoms with van der Waals surface area (Å²) in [6.45, 7) is 9.09. The first-order valence-electron chi connectivity index (χ1n) is 26.4. The summed E-state index contributed by atoms with van der Waals surface area (Å²) in [4.78, 5) is 0. The Morgan fingerprint density at radius 1 is 0.304 bits per heavy atom. The van der Waals surface area contributed by atoms with E-state index in [1.165, 1.54) is 179 Å². The van der Waals surface area contributed by atoms with Gasteiger partial charge >= 0.3 is 0 Å². The van der Waals surface area contributed by atoms with E-state index in [0.717, 1.165) is 0 Å². The van der Waals surface area contributed by atoms with Crippen LogP contribution in [0.4, 0.5) is 0 Å². The monoisotopic (exact) mass is 901 g/mol. The molecule has 348 valence electrons. The van der Waals surface area contributed by atoms with Gasteiger partial charge in [-0.15, -0.1) is 0 Å². The van der Waals surface area contributed by atoms with Crippen molar-refractivity contribution in [3.05, 3.63) is 215 Å². The Balaban J connectivity index is 1.17. The zero-order chi connectivity index (χ0) is 47.4. The van der Waals surface area contributed by atoms with Crippen LogP contribution in [0.2, 0.25) is 0 Å². The summed E-state index contributed by atoms with van der Waals surface area (Å²) < 4.78 is 0.